The van der Waals surface area contributed by atoms with Gasteiger partial charge in [-0.25, -0.2) is 9.37 Å². The Morgan fingerprint density at radius 3 is 2.68 bits per heavy atom. The van der Waals surface area contributed by atoms with Crippen LogP contribution in [0.5, 0.6) is 0 Å². The first-order valence-corrected chi connectivity index (χ1v) is 11.7. The molecule has 0 saturated heterocycles. The molecular weight excluding hydrogens is 455 g/mol. The lowest BCUT2D eigenvalue weighted by Gasteiger charge is -2.26. The zero-order valence-electron chi connectivity index (χ0n) is 20.0. The number of anilines is 2. The third-order valence-corrected chi connectivity index (χ3v) is 7.59. The van der Waals surface area contributed by atoms with Crippen LogP contribution in [0.1, 0.15) is 42.1 Å². The van der Waals surface area contributed by atoms with Crippen molar-refractivity contribution >= 4 is 29.0 Å². The highest BCUT2D eigenvalue weighted by atomic mass is 35.5. The predicted octanol–water partition coefficient (Wildman–Crippen LogP) is 4.13. The molecule has 2 atom stereocenters. The van der Waals surface area contributed by atoms with Gasteiger partial charge in [-0.1, -0.05) is 11.6 Å². The van der Waals surface area contributed by atoms with Crippen molar-refractivity contribution in [1.29, 1.82) is 5.26 Å². The topological polar surface area (TPSA) is 98.3 Å². The average molecular weight is 485 g/mol. The van der Waals surface area contributed by atoms with Crippen molar-refractivity contribution in [3.63, 3.8) is 0 Å². The van der Waals surface area contributed by atoms with E-state index >= 15 is 4.39 Å². The molecule has 2 heterocycles. The lowest BCUT2D eigenvalue weighted by atomic mass is 9.77. The number of pyridine rings is 1. The predicted molar refractivity (Wildman–Crippen MR) is 132 cm³/mol. The van der Waals surface area contributed by atoms with Crippen LogP contribution in [0.4, 0.5) is 15.9 Å². The first-order chi connectivity index (χ1) is 16.0. The zero-order valence-corrected chi connectivity index (χ0v) is 20.8. The Balaban J connectivity index is 1.76. The Kier molecular flexibility index (Phi) is 6.21. The molecule has 2 aliphatic rings. The molecule has 0 unspecified atom stereocenters. The third-order valence-electron chi connectivity index (χ3n) is 7.20. The molecule has 34 heavy (non-hydrogen) atoms. The van der Waals surface area contributed by atoms with Gasteiger partial charge in [-0.15, -0.1) is 0 Å². The van der Waals surface area contributed by atoms with Crippen molar-refractivity contribution in [1.82, 2.24) is 14.8 Å². The fourth-order valence-electron chi connectivity index (χ4n) is 5.19. The van der Waals surface area contributed by atoms with E-state index in [0.29, 0.717) is 42.5 Å². The molecule has 0 radical (unpaired) electrons. The van der Waals surface area contributed by atoms with Crippen LogP contribution in [0, 0.1) is 22.6 Å². The monoisotopic (exact) mass is 484 g/mol. The lowest BCUT2D eigenvalue weighted by molar-refractivity contribution is 0.0783. The number of likely N-dealkylation sites (N-methyl/N-ethyl adjacent to an activating group) is 2. The lowest BCUT2D eigenvalue weighted by Crippen LogP contribution is -2.34. The molecule has 4 rings (SSSR count). The summed E-state index contributed by atoms with van der Waals surface area (Å²) in [6.07, 6.45) is 3.75. The molecule has 180 valence electrons. The van der Waals surface area contributed by atoms with Crippen LogP contribution in [0.3, 0.4) is 0 Å². The number of benzene rings is 1. The highest BCUT2D eigenvalue weighted by Crippen LogP contribution is 2.57. The summed E-state index contributed by atoms with van der Waals surface area (Å²) in [6.45, 7) is 3.68. The second-order valence-electron chi connectivity index (χ2n) is 10.1. The first-order valence-electron chi connectivity index (χ1n) is 11.3. The molecule has 0 bridgehead atoms. The fraction of sp³-hybridized carbons (Fsp3) is 0.480. The number of halogens is 2. The van der Waals surface area contributed by atoms with E-state index in [2.05, 4.69) is 16.4 Å². The fourth-order valence-corrected chi connectivity index (χ4v) is 5.63. The van der Waals surface area contributed by atoms with E-state index in [9.17, 15) is 10.1 Å². The summed E-state index contributed by atoms with van der Waals surface area (Å²) in [4.78, 5) is 21.0. The Morgan fingerprint density at radius 2 is 2.03 bits per heavy atom. The van der Waals surface area contributed by atoms with Gasteiger partial charge in [0.25, 0.3) is 5.91 Å². The van der Waals surface area contributed by atoms with Crippen LogP contribution in [0.25, 0.3) is 11.1 Å². The number of fused-ring (bicyclic) bond motifs is 2. The number of carbonyl (C=O) groups excluding carboxylic acids is 1. The van der Waals surface area contributed by atoms with Gasteiger partial charge in [0, 0.05) is 60.7 Å². The molecule has 1 aliphatic heterocycles. The van der Waals surface area contributed by atoms with Crippen LogP contribution in [0.2, 0.25) is 5.02 Å². The van der Waals surface area contributed by atoms with Crippen molar-refractivity contribution in [3.05, 3.63) is 40.3 Å². The summed E-state index contributed by atoms with van der Waals surface area (Å²) < 4.78 is 15.8. The van der Waals surface area contributed by atoms with Crippen LogP contribution >= 0.6 is 11.6 Å². The van der Waals surface area contributed by atoms with E-state index in [1.807, 2.05) is 25.9 Å². The maximum absolute atomic E-state index is 15.8. The molecule has 1 aromatic carbocycles. The van der Waals surface area contributed by atoms with Gasteiger partial charge in [0.15, 0.2) is 0 Å². The van der Waals surface area contributed by atoms with Gasteiger partial charge in [0.1, 0.15) is 11.6 Å². The van der Waals surface area contributed by atoms with E-state index in [1.54, 1.807) is 13.1 Å². The summed E-state index contributed by atoms with van der Waals surface area (Å²) in [5.74, 6) is -0.521. The SMILES string of the molecule is CN(C)CCN(C)C(=O)c1c(N)ccc(-c2cnc3c(c2Cl)[C@]2(CC[C@@](C)(C#N)C2)CN3)c1F. The maximum Gasteiger partial charge on any atom is 0.258 e. The van der Waals surface area contributed by atoms with Crippen LogP contribution in [0.15, 0.2) is 18.3 Å². The van der Waals surface area contributed by atoms with Gasteiger partial charge in [0.05, 0.1) is 22.1 Å². The molecule has 9 heteroatoms. The number of amides is 1. The quantitative estimate of drug-likeness (QED) is 0.619. The Morgan fingerprint density at radius 1 is 1.29 bits per heavy atom. The molecule has 1 spiro atoms. The average Bonchev–Trinajstić information content (AvgIpc) is 3.33. The molecular formula is C25H30ClFN6O. The highest BCUT2D eigenvalue weighted by Gasteiger charge is 2.52. The first kappa shape index (κ1) is 24.2. The second-order valence-corrected chi connectivity index (χ2v) is 10.5. The number of nitrogen functional groups attached to an aromatic ring is 1. The molecule has 1 saturated carbocycles. The van der Waals surface area contributed by atoms with E-state index in [-0.39, 0.29) is 22.2 Å². The Labute approximate surface area is 204 Å². The van der Waals surface area contributed by atoms with Crippen LogP contribution in [-0.4, -0.2) is 61.5 Å². The largest absolute Gasteiger partial charge is 0.398 e. The van der Waals surface area contributed by atoms with Crippen molar-refractivity contribution in [2.45, 2.75) is 31.6 Å². The van der Waals surface area contributed by atoms with Gasteiger partial charge in [-0.05, 0) is 52.4 Å². The number of nitrogens with one attached hydrogen (secondary N) is 1. The third kappa shape index (κ3) is 3.97. The molecule has 1 aliphatic carbocycles. The van der Waals surface area contributed by atoms with E-state index in [0.717, 1.165) is 18.4 Å². The van der Waals surface area contributed by atoms with E-state index in [4.69, 9.17) is 17.3 Å². The highest BCUT2D eigenvalue weighted by molar-refractivity contribution is 6.34. The standard InChI is InChI=1S/C25H30ClFN6O/c1-24(13-28)7-8-25(12-24)14-31-22-19(25)20(26)16(11-30-22)15-5-6-17(29)18(21(15)27)23(34)33(4)10-9-32(2)3/h5-6,11H,7-10,12,14,29H2,1-4H3,(H,30,31)/t24-,25+/m1/s1. The smallest absolute Gasteiger partial charge is 0.258 e. The number of hydrogen-bond acceptors (Lipinski definition) is 6. The minimum atomic E-state index is -0.710. The summed E-state index contributed by atoms with van der Waals surface area (Å²) in [6, 6.07) is 5.52. The van der Waals surface area contributed by atoms with Crippen molar-refractivity contribution < 1.29 is 9.18 Å². The molecule has 7 nitrogen and oxygen atoms in total. The number of nitrogens with two attached hydrogens (primary N) is 1. The van der Waals surface area contributed by atoms with E-state index < -0.39 is 17.1 Å². The molecule has 3 N–H and O–H groups in total. The van der Waals surface area contributed by atoms with Crippen molar-refractivity contribution in [3.8, 4) is 17.2 Å². The number of aromatic nitrogens is 1. The zero-order chi connectivity index (χ0) is 24.8. The van der Waals surface area contributed by atoms with Crippen LogP contribution in [-0.2, 0) is 5.41 Å². The molecule has 1 fully saturated rings. The van der Waals surface area contributed by atoms with Crippen molar-refractivity contribution in [2.75, 3.05) is 51.8 Å². The van der Waals surface area contributed by atoms with Gasteiger partial charge in [-0.2, -0.15) is 5.26 Å². The summed E-state index contributed by atoms with van der Waals surface area (Å²) in [5.41, 5.74) is 6.62. The number of nitriles is 1. The number of nitrogens with zero attached hydrogens (tertiary/aromatic N) is 4. The number of carbonyl (C=O) groups is 1. The molecule has 1 amide bonds. The maximum atomic E-state index is 15.8. The van der Waals surface area contributed by atoms with Gasteiger partial charge in [0.2, 0.25) is 0 Å². The van der Waals surface area contributed by atoms with Crippen molar-refractivity contribution in [2.24, 2.45) is 5.41 Å². The summed E-state index contributed by atoms with van der Waals surface area (Å²) >= 11 is 6.92. The van der Waals surface area contributed by atoms with E-state index in [1.165, 1.54) is 17.2 Å². The summed E-state index contributed by atoms with van der Waals surface area (Å²) in [7, 11) is 5.44. The minimum Gasteiger partial charge on any atom is -0.398 e. The van der Waals surface area contributed by atoms with Gasteiger partial charge >= 0.3 is 0 Å². The molecule has 1 aromatic heterocycles. The van der Waals surface area contributed by atoms with Gasteiger partial charge < -0.3 is 20.9 Å². The Bertz CT molecular complexity index is 1190. The summed E-state index contributed by atoms with van der Waals surface area (Å²) in [5, 5.41) is 13.4. The minimum absolute atomic E-state index is 0.0758. The Hall–Kier alpha value is -2.89. The van der Waals surface area contributed by atoms with Gasteiger partial charge in [-0.3, -0.25) is 4.79 Å². The number of rotatable bonds is 5. The van der Waals surface area contributed by atoms with Crippen LogP contribution < -0.4 is 11.1 Å². The normalized spacial score (nSPS) is 23.1. The molecule has 2 aromatic rings. The second kappa shape index (κ2) is 8.71. The number of hydrogen-bond donors (Lipinski definition) is 2.